The van der Waals surface area contributed by atoms with Crippen LogP contribution in [0.25, 0.3) is 0 Å². The fourth-order valence-electron chi connectivity index (χ4n) is 2.57. The van der Waals surface area contributed by atoms with E-state index in [1.807, 2.05) is 12.1 Å². The van der Waals surface area contributed by atoms with Gasteiger partial charge in [0, 0.05) is 26.2 Å². The molecule has 4 N–H and O–H groups in total. The van der Waals surface area contributed by atoms with Crippen molar-refractivity contribution in [1.82, 2.24) is 4.90 Å². The monoisotopic (exact) mass is 262 g/mol. The summed E-state index contributed by atoms with van der Waals surface area (Å²) in [6.45, 7) is 7.28. The van der Waals surface area contributed by atoms with Gasteiger partial charge in [-0.15, -0.1) is 0 Å². The Hall–Kier alpha value is -1.75. The minimum Gasteiger partial charge on any atom is -0.396 e. The Labute approximate surface area is 114 Å². The molecular formula is C14H22N4O. The van der Waals surface area contributed by atoms with E-state index < -0.39 is 5.91 Å². The summed E-state index contributed by atoms with van der Waals surface area (Å²) < 4.78 is 0. The highest BCUT2D eigenvalue weighted by Gasteiger charge is 2.19. The van der Waals surface area contributed by atoms with E-state index in [0.717, 1.165) is 38.4 Å². The van der Waals surface area contributed by atoms with E-state index in [2.05, 4.69) is 16.7 Å². The Morgan fingerprint density at radius 3 is 2.53 bits per heavy atom. The molecule has 0 spiro atoms. The number of carbonyl (C=O) groups excluding carboxylic acids is 1. The number of anilines is 2. The maximum absolute atomic E-state index is 11.3. The van der Waals surface area contributed by atoms with Crippen LogP contribution in [0.2, 0.25) is 0 Å². The van der Waals surface area contributed by atoms with Gasteiger partial charge >= 0.3 is 0 Å². The van der Waals surface area contributed by atoms with E-state index >= 15 is 0 Å². The molecule has 2 rings (SSSR count). The van der Waals surface area contributed by atoms with Crippen LogP contribution in [0.5, 0.6) is 0 Å². The van der Waals surface area contributed by atoms with Crippen LogP contribution in [0.4, 0.5) is 11.4 Å². The van der Waals surface area contributed by atoms with Crippen molar-refractivity contribution in [3.63, 3.8) is 0 Å². The molecule has 104 valence electrons. The minimum absolute atomic E-state index is 0.411. The number of hydrogen-bond acceptors (Lipinski definition) is 4. The molecule has 1 fully saturated rings. The quantitative estimate of drug-likeness (QED) is 0.791. The zero-order valence-corrected chi connectivity index (χ0v) is 11.4. The fraction of sp³-hybridized carbons (Fsp3) is 0.500. The summed E-state index contributed by atoms with van der Waals surface area (Å²) in [7, 11) is 0. The Kier molecular flexibility index (Phi) is 4.27. The van der Waals surface area contributed by atoms with Crippen LogP contribution >= 0.6 is 0 Å². The van der Waals surface area contributed by atoms with Crippen molar-refractivity contribution in [3.8, 4) is 0 Å². The number of rotatable bonds is 4. The molecule has 0 atom stereocenters. The van der Waals surface area contributed by atoms with Gasteiger partial charge in [0.2, 0.25) is 0 Å². The van der Waals surface area contributed by atoms with Crippen LogP contribution in [-0.4, -0.2) is 43.5 Å². The molecule has 1 heterocycles. The zero-order chi connectivity index (χ0) is 13.8. The Bertz CT molecular complexity index is 453. The van der Waals surface area contributed by atoms with Gasteiger partial charge in [0.1, 0.15) is 0 Å². The average molecular weight is 262 g/mol. The number of hydrogen-bond donors (Lipinski definition) is 2. The lowest BCUT2D eigenvalue weighted by molar-refractivity contribution is 0.100. The van der Waals surface area contributed by atoms with Gasteiger partial charge in [-0.1, -0.05) is 13.0 Å². The summed E-state index contributed by atoms with van der Waals surface area (Å²) in [5.41, 5.74) is 13.2. The standard InChI is InChI=1S/C14H22N4O/c1-2-6-17-7-9-18(10-8-17)12-5-3-4-11(13(12)15)14(16)19/h3-5H,2,6-10,15H2,1H3,(H2,16,19). The van der Waals surface area contributed by atoms with Crippen LogP contribution in [0, 0.1) is 0 Å². The first-order valence-electron chi connectivity index (χ1n) is 6.79. The van der Waals surface area contributed by atoms with Crippen LogP contribution in [0.3, 0.4) is 0 Å². The van der Waals surface area contributed by atoms with Gasteiger partial charge in [-0.25, -0.2) is 0 Å². The number of nitrogen functional groups attached to an aromatic ring is 1. The predicted octanol–water partition coefficient (Wildman–Crippen LogP) is 0.900. The van der Waals surface area contributed by atoms with Crippen molar-refractivity contribution < 1.29 is 4.79 Å². The molecule has 0 aliphatic carbocycles. The van der Waals surface area contributed by atoms with Crippen molar-refractivity contribution in [3.05, 3.63) is 23.8 Å². The number of amides is 1. The first-order valence-corrected chi connectivity index (χ1v) is 6.79. The van der Waals surface area contributed by atoms with Gasteiger partial charge < -0.3 is 16.4 Å². The van der Waals surface area contributed by atoms with Crippen molar-refractivity contribution in [2.24, 2.45) is 5.73 Å². The largest absolute Gasteiger partial charge is 0.396 e. The highest BCUT2D eigenvalue weighted by Crippen LogP contribution is 2.27. The van der Waals surface area contributed by atoms with E-state index in [1.165, 1.54) is 6.42 Å². The normalized spacial score (nSPS) is 16.6. The van der Waals surface area contributed by atoms with Crippen LogP contribution in [0.15, 0.2) is 18.2 Å². The molecular weight excluding hydrogens is 240 g/mol. The van der Waals surface area contributed by atoms with Gasteiger partial charge in [-0.2, -0.15) is 0 Å². The molecule has 1 amide bonds. The van der Waals surface area contributed by atoms with Crippen molar-refractivity contribution in [2.45, 2.75) is 13.3 Å². The lowest BCUT2D eigenvalue weighted by Crippen LogP contribution is -2.46. The second kappa shape index (κ2) is 5.93. The maximum atomic E-state index is 11.3. The van der Waals surface area contributed by atoms with Crippen molar-refractivity contribution in [1.29, 1.82) is 0 Å². The molecule has 0 bridgehead atoms. The molecule has 0 saturated carbocycles. The Morgan fingerprint density at radius 1 is 1.26 bits per heavy atom. The third-order valence-electron chi connectivity index (χ3n) is 3.60. The summed E-state index contributed by atoms with van der Waals surface area (Å²) in [5, 5.41) is 0. The zero-order valence-electron chi connectivity index (χ0n) is 11.4. The fourth-order valence-corrected chi connectivity index (χ4v) is 2.57. The van der Waals surface area contributed by atoms with Gasteiger partial charge in [0.25, 0.3) is 5.91 Å². The number of benzene rings is 1. The first-order chi connectivity index (χ1) is 9.13. The molecule has 5 heteroatoms. The predicted molar refractivity (Wildman–Crippen MR) is 78.3 cm³/mol. The van der Waals surface area contributed by atoms with Crippen LogP contribution in [0.1, 0.15) is 23.7 Å². The van der Waals surface area contributed by atoms with Gasteiger partial charge in [-0.3, -0.25) is 9.69 Å². The first kappa shape index (κ1) is 13.7. The second-order valence-corrected chi connectivity index (χ2v) is 4.93. The molecule has 0 aromatic heterocycles. The number of primary amides is 1. The van der Waals surface area contributed by atoms with Gasteiger partial charge in [0.05, 0.1) is 16.9 Å². The van der Waals surface area contributed by atoms with E-state index in [4.69, 9.17) is 11.5 Å². The topological polar surface area (TPSA) is 75.6 Å². The molecule has 1 aromatic carbocycles. The maximum Gasteiger partial charge on any atom is 0.250 e. The minimum atomic E-state index is -0.469. The molecule has 0 unspecified atom stereocenters. The summed E-state index contributed by atoms with van der Waals surface area (Å²) in [6.07, 6.45) is 1.18. The molecule has 5 nitrogen and oxygen atoms in total. The van der Waals surface area contributed by atoms with E-state index in [-0.39, 0.29) is 0 Å². The molecule has 1 aliphatic heterocycles. The SMILES string of the molecule is CCCN1CCN(c2cccc(C(N)=O)c2N)CC1. The van der Waals surface area contributed by atoms with E-state index in [9.17, 15) is 4.79 Å². The number of carbonyl (C=O) groups is 1. The summed E-state index contributed by atoms with van der Waals surface area (Å²) >= 11 is 0. The van der Waals surface area contributed by atoms with Crippen molar-refractivity contribution >= 4 is 17.3 Å². The molecule has 1 aromatic rings. The lowest BCUT2D eigenvalue weighted by Gasteiger charge is -2.36. The number of para-hydroxylation sites is 1. The summed E-state index contributed by atoms with van der Waals surface area (Å²) in [6, 6.07) is 5.47. The third kappa shape index (κ3) is 2.98. The molecule has 1 aliphatic rings. The highest BCUT2D eigenvalue weighted by atomic mass is 16.1. The molecule has 19 heavy (non-hydrogen) atoms. The van der Waals surface area contributed by atoms with Gasteiger partial charge in [0.15, 0.2) is 0 Å². The third-order valence-corrected chi connectivity index (χ3v) is 3.60. The van der Waals surface area contributed by atoms with Gasteiger partial charge in [-0.05, 0) is 25.1 Å². The highest BCUT2D eigenvalue weighted by molar-refractivity contribution is 6.00. The van der Waals surface area contributed by atoms with E-state index in [0.29, 0.717) is 11.3 Å². The number of nitrogens with zero attached hydrogens (tertiary/aromatic N) is 2. The Balaban J connectivity index is 2.11. The van der Waals surface area contributed by atoms with Crippen LogP contribution in [-0.2, 0) is 0 Å². The molecule has 0 radical (unpaired) electrons. The van der Waals surface area contributed by atoms with Crippen LogP contribution < -0.4 is 16.4 Å². The lowest BCUT2D eigenvalue weighted by atomic mass is 10.1. The second-order valence-electron chi connectivity index (χ2n) is 4.93. The smallest absolute Gasteiger partial charge is 0.250 e. The number of piperazine rings is 1. The molecule has 1 saturated heterocycles. The Morgan fingerprint density at radius 2 is 1.95 bits per heavy atom. The van der Waals surface area contributed by atoms with E-state index in [1.54, 1.807) is 6.07 Å². The number of nitrogens with two attached hydrogens (primary N) is 2. The average Bonchev–Trinajstić information content (AvgIpc) is 2.40. The summed E-state index contributed by atoms with van der Waals surface area (Å²) in [4.78, 5) is 16.0. The van der Waals surface area contributed by atoms with Crippen molar-refractivity contribution in [2.75, 3.05) is 43.4 Å². The summed E-state index contributed by atoms with van der Waals surface area (Å²) in [5.74, 6) is -0.469.